The van der Waals surface area contributed by atoms with Crippen LogP contribution in [0.3, 0.4) is 0 Å². The number of ether oxygens (including phenoxy) is 1. The van der Waals surface area contributed by atoms with E-state index in [1.807, 2.05) is 0 Å². The van der Waals surface area contributed by atoms with Crippen LogP contribution in [0.1, 0.15) is 73.9 Å². The fourth-order valence-corrected chi connectivity index (χ4v) is 2.83. The van der Waals surface area contributed by atoms with Crippen LogP contribution in [0.5, 0.6) is 0 Å². The van der Waals surface area contributed by atoms with Crippen LogP contribution in [0.2, 0.25) is 0 Å². The molecule has 1 aromatic rings. The Morgan fingerprint density at radius 2 is 1.88 bits per heavy atom. The van der Waals surface area contributed by atoms with E-state index in [0.29, 0.717) is 12.8 Å². The lowest BCUT2D eigenvalue weighted by atomic mass is 9.99. The molecule has 8 heteroatoms. The normalized spacial score (nSPS) is 20.1. The molecule has 1 unspecified atom stereocenters. The highest BCUT2D eigenvalue weighted by atomic mass is 19.3. The van der Waals surface area contributed by atoms with Gasteiger partial charge in [0, 0.05) is 19.4 Å². The first kappa shape index (κ1) is 20.2. The number of aromatic nitrogens is 2. The quantitative estimate of drug-likeness (QED) is 0.650. The number of nitrogens with zero attached hydrogens (tertiary/aromatic N) is 2. The number of esters is 1. The van der Waals surface area contributed by atoms with Crippen LogP contribution in [-0.4, -0.2) is 39.9 Å². The Labute approximate surface area is 151 Å². The lowest BCUT2D eigenvalue weighted by molar-refractivity contribution is -0.0248. The highest BCUT2D eigenvalue weighted by molar-refractivity contribution is 5.93. The Hall–Kier alpha value is -2.12. The van der Waals surface area contributed by atoms with Crippen molar-refractivity contribution >= 4 is 11.9 Å². The van der Waals surface area contributed by atoms with E-state index in [1.54, 1.807) is 20.8 Å². The first-order valence-electron chi connectivity index (χ1n) is 8.77. The van der Waals surface area contributed by atoms with Crippen LogP contribution >= 0.6 is 0 Å². The summed E-state index contributed by atoms with van der Waals surface area (Å²) in [5, 5.41) is 2.63. The van der Waals surface area contributed by atoms with Crippen LogP contribution in [0.25, 0.3) is 0 Å². The molecule has 1 aliphatic rings. The monoisotopic (exact) mass is 369 g/mol. The number of carbonyl (C=O) groups excluding carboxylic acids is 2. The maximum absolute atomic E-state index is 13.6. The first-order valence-corrected chi connectivity index (χ1v) is 8.77. The molecule has 0 radical (unpaired) electrons. The second-order valence-corrected chi connectivity index (χ2v) is 7.67. The number of rotatable bonds is 4. The van der Waals surface area contributed by atoms with Gasteiger partial charge >= 0.3 is 5.97 Å². The van der Waals surface area contributed by atoms with Gasteiger partial charge < -0.3 is 10.1 Å². The van der Waals surface area contributed by atoms with E-state index in [2.05, 4.69) is 15.3 Å². The average Bonchev–Trinajstić information content (AvgIpc) is 2.71. The summed E-state index contributed by atoms with van der Waals surface area (Å²) in [4.78, 5) is 31.8. The molecule has 0 bridgehead atoms. The Morgan fingerprint density at radius 3 is 2.50 bits per heavy atom. The predicted molar refractivity (Wildman–Crippen MR) is 91.1 cm³/mol. The van der Waals surface area contributed by atoms with E-state index < -0.39 is 23.4 Å². The zero-order valence-electron chi connectivity index (χ0n) is 15.3. The number of carbonyl (C=O) groups is 2. The number of halogens is 2. The van der Waals surface area contributed by atoms with Gasteiger partial charge in [0.25, 0.3) is 5.91 Å². The molecule has 0 aliphatic heterocycles. The summed E-state index contributed by atoms with van der Waals surface area (Å²) in [5.41, 5.74) is -0.632. The first-order chi connectivity index (χ1) is 12.1. The van der Waals surface area contributed by atoms with Crippen molar-refractivity contribution in [1.82, 2.24) is 15.3 Å². The molecule has 0 aromatic carbocycles. The van der Waals surface area contributed by atoms with E-state index in [-0.39, 0.29) is 36.7 Å². The smallest absolute Gasteiger partial charge is 0.359 e. The Kier molecular flexibility index (Phi) is 6.26. The van der Waals surface area contributed by atoms with E-state index in [0.717, 1.165) is 6.42 Å². The highest BCUT2D eigenvalue weighted by Gasteiger charge is 2.34. The van der Waals surface area contributed by atoms with Crippen molar-refractivity contribution in [2.24, 2.45) is 5.92 Å². The topological polar surface area (TPSA) is 81.2 Å². The van der Waals surface area contributed by atoms with Gasteiger partial charge in [-0.05, 0) is 39.5 Å². The summed E-state index contributed by atoms with van der Waals surface area (Å²) in [6, 6.07) is 0. The van der Waals surface area contributed by atoms with Gasteiger partial charge in [0.05, 0.1) is 12.4 Å². The maximum Gasteiger partial charge on any atom is 0.359 e. The molecule has 1 heterocycles. The zero-order valence-corrected chi connectivity index (χ0v) is 15.3. The second kappa shape index (κ2) is 8.05. The Bertz CT molecular complexity index is 642. The Balaban J connectivity index is 1.90. The second-order valence-electron chi connectivity index (χ2n) is 7.67. The highest BCUT2D eigenvalue weighted by Crippen LogP contribution is 2.34. The number of amides is 1. The molecule has 1 saturated carbocycles. The Morgan fingerprint density at radius 1 is 1.23 bits per heavy atom. The van der Waals surface area contributed by atoms with Crippen molar-refractivity contribution < 1.29 is 23.1 Å². The van der Waals surface area contributed by atoms with E-state index >= 15 is 0 Å². The van der Waals surface area contributed by atoms with Gasteiger partial charge in [0.15, 0.2) is 5.69 Å². The van der Waals surface area contributed by atoms with Crippen molar-refractivity contribution in [1.29, 1.82) is 0 Å². The van der Waals surface area contributed by atoms with Crippen molar-refractivity contribution in [2.45, 2.75) is 64.4 Å². The largest absolute Gasteiger partial charge is 0.455 e. The van der Waals surface area contributed by atoms with Gasteiger partial charge in [-0.3, -0.25) is 4.79 Å². The number of alkyl halides is 2. The minimum atomic E-state index is -2.67. The number of nitrogens with one attached hydrogen (secondary N) is 1. The lowest BCUT2D eigenvalue weighted by Gasteiger charge is -2.20. The third-order valence-corrected chi connectivity index (χ3v) is 4.04. The molecule has 0 saturated heterocycles. The molecule has 144 valence electrons. The molecule has 1 amide bonds. The molecule has 6 nitrogen and oxygen atoms in total. The summed E-state index contributed by atoms with van der Waals surface area (Å²) in [5.74, 6) is -4.05. The summed E-state index contributed by atoms with van der Waals surface area (Å²) in [6.45, 7) is 5.37. The fourth-order valence-electron chi connectivity index (χ4n) is 2.83. The molecule has 1 atom stereocenters. The van der Waals surface area contributed by atoms with E-state index in [9.17, 15) is 18.4 Å². The van der Waals surface area contributed by atoms with Gasteiger partial charge in [-0.15, -0.1) is 0 Å². The van der Waals surface area contributed by atoms with E-state index in [4.69, 9.17) is 4.74 Å². The molecule has 1 aromatic heterocycles. The molecule has 1 N–H and O–H groups in total. The fraction of sp³-hybridized carbons (Fsp3) is 0.667. The zero-order chi connectivity index (χ0) is 19.4. The SMILES string of the molecule is CC(C)(C)OC(=O)c1cnc(C(=O)NCC2CCCCC(F)(F)C2)cn1. The van der Waals surface area contributed by atoms with Crippen LogP contribution in [0.15, 0.2) is 12.4 Å². The molecule has 1 fully saturated rings. The summed E-state index contributed by atoms with van der Waals surface area (Å²) >= 11 is 0. The van der Waals surface area contributed by atoms with Crippen LogP contribution in [0.4, 0.5) is 8.78 Å². The molecule has 0 spiro atoms. The molecule has 2 rings (SSSR count). The molecule has 26 heavy (non-hydrogen) atoms. The molecule has 1 aliphatic carbocycles. The van der Waals surface area contributed by atoms with Gasteiger partial charge in [0.1, 0.15) is 11.3 Å². The molecular weight excluding hydrogens is 344 g/mol. The van der Waals surface area contributed by atoms with Crippen molar-refractivity contribution in [3.8, 4) is 0 Å². The van der Waals surface area contributed by atoms with E-state index in [1.165, 1.54) is 12.4 Å². The summed E-state index contributed by atoms with van der Waals surface area (Å²) in [6.07, 6.45) is 3.96. The third-order valence-electron chi connectivity index (χ3n) is 4.04. The summed E-state index contributed by atoms with van der Waals surface area (Å²) < 4.78 is 32.4. The maximum atomic E-state index is 13.6. The van der Waals surface area contributed by atoms with Crippen LogP contribution in [-0.2, 0) is 4.74 Å². The average molecular weight is 369 g/mol. The van der Waals surface area contributed by atoms with Crippen molar-refractivity contribution in [3.63, 3.8) is 0 Å². The number of hydrogen-bond donors (Lipinski definition) is 1. The minimum Gasteiger partial charge on any atom is -0.455 e. The van der Waals surface area contributed by atoms with Gasteiger partial charge in [-0.1, -0.05) is 6.42 Å². The standard InChI is InChI=1S/C18H25F2N3O3/c1-17(2,3)26-16(25)14-11-21-13(10-22-14)15(24)23-9-12-6-4-5-7-18(19,20)8-12/h10-12H,4-9H2,1-3H3,(H,23,24). The van der Waals surface area contributed by atoms with Gasteiger partial charge in [-0.25, -0.2) is 23.5 Å². The minimum absolute atomic E-state index is 0.000106. The predicted octanol–water partition coefficient (Wildman–Crippen LogP) is 3.38. The van der Waals surface area contributed by atoms with Crippen LogP contribution < -0.4 is 5.32 Å². The number of hydrogen-bond acceptors (Lipinski definition) is 5. The lowest BCUT2D eigenvalue weighted by Crippen LogP contribution is -2.32. The molecular formula is C18H25F2N3O3. The van der Waals surface area contributed by atoms with Gasteiger partial charge in [0.2, 0.25) is 5.92 Å². The summed E-state index contributed by atoms with van der Waals surface area (Å²) in [7, 11) is 0. The third kappa shape index (κ3) is 6.31. The van der Waals surface area contributed by atoms with Gasteiger partial charge in [-0.2, -0.15) is 0 Å². The van der Waals surface area contributed by atoms with Crippen molar-refractivity contribution in [3.05, 3.63) is 23.8 Å². The van der Waals surface area contributed by atoms with Crippen molar-refractivity contribution in [2.75, 3.05) is 6.54 Å². The van der Waals surface area contributed by atoms with Crippen LogP contribution in [0, 0.1) is 5.92 Å².